The Kier molecular flexibility index (Phi) is 39.8. The Morgan fingerprint density at radius 2 is 1.00 bits per heavy atom. The van der Waals surface area contributed by atoms with Crippen LogP contribution >= 0.6 is 0 Å². The quantitative estimate of drug-likeness (QED) is 0.127. The Morgan fingerprint density at radius 1 is 0.704 bits per heavy atom. The summed E-state index contributed by atoms with van der Waals surface area (Å²) in [4.78, 5) is 10.1. The van der Waals surface area contributed by atoms with Crippen LogP contribution in [0.4, 0.5) is 0 Å². The third-order valence-electron chi connectivity index (χ3n) is 3.33. The summed E-state index contributed by atoms with van der Waals surface area (Å²) in [7, 11) is 0. The van der Waals surface area contributed by atoms with Crippen LogP contribution in [0.3, 0.4) is 0 Å². The normalized spacial score (nSPS) is 9.81. The van der Waals surface area contributed by atoms with Gasteiger partial charge in [-0.2, -0.15) is 0 Å². The van der Waals surface area contributed by atoms with Gasteiger partial charge in [-0.3, -0.25) is 0 Å². The minimum Gasteiger partial charge on any atom is -0.550 e. The van der Waals surface area contributed by atoms with Gasteiger partial charge in [-0.15, -0.1) is 0 Å². The number of carbonyl (C=O) groups excluding carboxylic acids is 1. The monoisotopic (exact) mass is 406 g/mol. The van der Waals surface area contributed by atoms with E-state index in [1.807, 2.05) is 0 Å². The minimum absolute atomic E-state index is 0. The third kappa shape index (κ3) is 41.6. The number of aliphatic hydroxyl groups excluding tert-OH is 6. The molecule has 0 aliphatic rings. The van der Waals surface area contributed by atoms with Gasteiger partial charge >= 0.3 is 29.6 Å². The molecule has 27 heavy (non-hydrogen) atoms. The van der Waals surface area contributed by atoms with E-state index in [0.717, 1.165) is 12.8 Å². The molecule has 0 bridgehead atoms. The molecule has 0 atom stereocenters. The largest absolute Gasteiger partial charge is 1.00 e. The molecule has 0 radical (unpaired) electrons. The molecule has 0 amide bonds. The molecule has 0 heterocycles. The number of carboxylic acids is 1. The van der Waals surface area contributed by atoms with E-state index in [9.17, 15) is 9.90 Å². The summed E-state index contributed by atoms with van der Waals surface area (Å²) in [6.07, 6.45) is 9.26. The Balaban J connectivity index is -0.000000170. The number of carbonyl (C=O) groups is 1. The maximum atomic E-state index is 10.1. The van der Waals surface area contributed by atoms with Crippen LogP contribution in [0.5, 0.6) is 0 Å². The summed E-state index contributed by atoms with van der Waals surface area (Å²) in [5.74, 6) is -0.909. The molecule has 0 unspecified atom stereocenters. The van der Waals surface area contributed by atoms with Gasteiger partial charge in [0.2, 0.25) is 0 Å². The van der Waals surface area contributed by atoms with Crippen LogP contribution < -0.4 is 34.7 Å². The SMILES string of the molecule is CCCCCCCCCCCC(=O)[O-].OCC(O)CO.OCC(O)CO.[Na+]. The molecule has 160 valence electrons. The molecule has 9 heteroatoms. The molecule has 0 saturated carbocycles. The van der Waals surface area contributed by atoms with Crippen molar-refractivity contribution >= 4 is 5.97 Å². The molecular weight excluding hydrogens is 367 g/mol. The van der Waals surface area contributed by atoms with E-state index in [1.165, 1.54) is 44.9 Å². The molecular formula is C18H39NaO8. The zero-order valence-corrected chi connectivity index (χ0v) is 19.1. The fourth-order valence-corrected chi connectivity index (χ4v) is 1.70. The number of aliphatic carboxylic acids is 1. The predicted molar refractivity (Wildman–Crippen MR) is 97.2 cm³/mol. The third-order valence-corrected chi connectivity index (χ3v) is 3.33. The molecule has 0 aromatic rings. The first kappa shape index (κ1) is 34.7. The molecule has 0 fully saturated rings. The van der Waals surface area contributed by atoms with Crippen molar-refractivity contribution < 1.29 is 70.1 Å². The van der Waals surface area contributed by atoms with Gasteiger partial charge in [0.1, 0.15) is 12.2 Å². The second-order valence-electron chi connectivity index (χ2n) is 5.99. The van der Waals surface area contributed by atoms with Gasteiger partial charge in [0.05, 0.1) is 26.4 Å². The van der Waals surface area contributed by atoms with E-state index < -0.39 is 18.2 Å². The molecule has 0 aliphatic carbocycles. The van der Waals surface area contributed by atoms with E-state index in [2.05, 4.69) is 6.92 Å². The molecule has 6 N–H and O–H groups in total. The average Bonchev–Trinajstić information content (AvgIpc) is 2.66. The second kappa shape index (κ2) is 30.9. The maximum absolute atomic E-state index is 10.1. The topological polar surface area (TPSA) is 162 Å². The standard InChI is InChI=1S/C12H24O2.2C3H8O3.Na/c1-2-3-4-5-6-7-8-9-10-11-12(13)14;2*4-1-3(6)2-5;/h2-11H2,1H3,(H,13,14);2*3-6H,1-2H2;/q;;;+1/p-1. The van der Waals surface area contributed by atoms with Gasteiger partial charge in [0, 0.05) is 5.97 Å². The van der Waals surface area contributed by atoms with Gasteiger partial charge in [-0.05, 0) is 12.8 Å². The van der Waals surface area contributed by atoms with Crippen LogP contribution in [0.25, 0.3) is 0 Å². The van der Waals surface area contributed by atoms with Crippen LogP contribution in [0.15, 0.2) is 0 Å². The van der Waals surface area contributed by atoms with Gasteiger partial charge in [0.15, 0.2) is 0 Å². The molecule has 0 saturated heterocycles. The summed E-state index contributed by atoms with van der Waals surface area (Å²) < 4.78 is 0. The first-order chi connectivity index (χ1) is 12.4. The summed E-state index contributed by atoms with van der Waals surface area (Å²) in [6.45, 7) is 0.764. The minimum atomic E-state index is -0.954. The van der Waals surface area contributed by atoms with Crippen LogP contribution in [0, 0.1) is 0 Å². The summed E-state index contributed by atoms with van der Waals surface area (Å²) >= 11 is 0. The average molecular weight is 406 g/mol. The number of hydrogen-bond donors (Lipinski definition) is 6. The number of aliphatic hydroxyl groups is 6. The Bertz CT molecular complexity index is 252. The van der Waals surface area contributed by atoms with Crippen molar-refractivity contribution in [2.24, 2.45) is 0 Å². The fourth-order valence-electron chi connectivity index (χ4n) is 1.70. The van der Waals surface area contributed by atoms with Crippen molar-refractivity contribution in [3.63, 3.8) is 0 Å². The Hall–Kier alpha value is 0.230. The Morgan fingerprint density at radius 3 is 1.22 bits per heavy atom. The fraction of sp³-hybridized carbons (Fsp3) is 0.944. The smallest absolute Gasteiger partial charge is 0.550 e. The Labute approximate surface area is 185 Å². The number of hydrogen-bond acceptors (Lipinski definition) is 8. The van der Waals surface area contributed by atoms with Crippen LogP contribution in [0.2, 0.25) is 0 Å². The summed E-state index contributed by atoms with van der Waals surface area (Å²) in [5, 5.41) is 58.1. The van der Waals surface area contributed by atoms with Crippen molar-refractivity contribution in [2.45, 2.75) is 83.3 Å². The van der Waals surface area contributed by atoms with Gasteiger partial charge < -0.3 is 40.5 Å². The summed E-state index contributed by atoms with van der Waals surface area (Å²) in [6, 6.07) is 0. The molecule has 0 aromatic carbocycles. The van der Waals surface area contributed by atoms with E-state index in [1.54, 1.807) is 0 Å². The molecule has 0 spiro atoms. The second-order valence-corrected chi connectivity index (χ2v) is 5.99. The first-order valence-electron chi connectivity index (χ1n) is 9.38. The van der Waals surface area contributed by atoms with Gasteiger partial charge in [-0.25, -0.2) is 0 Å². The number of rotatable bonds is 14. The van der Waals surface area contributed by atoms with Crippen molar-refractivity contribution in [3.05, 3.63) is 0 Å². The predicted octanol–water partition coefficient (Wildman–Crippen LogP) is -3.67. The van der Waals surface area contributed by atoms with Gasteiger partial charge in [0.25, 0.3) is 0 Å². The van der Waals surface area contributed by atoms with Crippen molar-refractivity contribution in [2.75, 3.05) is 26.4 Å². The molecule has 8 nitrogen and oxygen atoms in total. The number of carboxylic acid groups (broad SMARTS) is 1. The molecule has 0 rings (SSSR count). The van der Waals surface area contributed by atoms with Gasteiger partial charge in [-0.1, -0.05) is 58.3 Å². The van der Waals surface area contributed by atoms with E-state index in [0.29, 0.717) is 0 Å². The van der Waals surface area contributed by atoms with Crippen LogP contribution in [-0.2, 0) is 4.79 Å². The van der Waals surface area contributed by atoms with Crippen molar-refractivity contribution in [3.8, 4) is 0 Å². The molecule has 0 aromatic heterocycles. The van der Waals surface area contributed by atoms with Crippen LogP contribution in [-0.4, -0.2) is 75.2 Å². The van der Waals surface area contributed by atoms with Crippen LogP contribution in [0.1, 0.15) is 71.1 Å². The maximum Gasteiger partial charge on any atom is 1.00 e. The summed E-state index contributed by atoms with van der Waals surface area (Å²) in [5.41, 5.74) is 0. The zero-order valence-electron chi connectivity index (χ0n) is 17.1. The van der Waals surface area contributed by atoms with Crippen molar-refractivity contribution in [1.29, 1.82) is 0 Å². The van der Waals surface area contributed by atoms with E-state index >= 15 is 0 Å². The van der Waals surface area contributed by atoms with E-state index in [-0.39, 0.29) is 62.4 Å². The van der Waals surface area contributed by atoms with E-state index in [4.69, 9.17) is 30.6 Å². The van der Waals surface area contributed by atoms with Crippen molar-refractivity contribution in [1.82, 2.24) is 0 Å². The zero-order chi connectivity index (χ0) is 20.6. The molecule has 0 aliphatic heterocycles. The number of unbranched alkanes of at least 4 members (excludes halogenated alkanes) is 8. The first-order valence-corrected chi connectivity index (χ1v) is 9.38.